The van der Waals surface area contributed by atoms with E-state index in [2.05, 4.69) is 10.4 Å². The molecule has 16 heavy (non-hydrogen) atoms. The van der Waals surface area contributed by atoms with Crippen LogP contribution in [0.15, 0.2) is 9.59 Å². The molecule has 0 fully saturated rings. The second-order valence-electron chi connectivity index (χ2n) is 3.18. The van der Waals surface area contributed by atoms with Crippen LogP contribution in [0.4, 0.5) is 5.82 Å². The Kier molecular flexibility index (Phi) is 3.81. The fourth-order valence-electron chi connectivity index (χ4n) is 1.16. The molecule has 0 spiro atoms. The molecule has 8 heteroatoms. The fourth-order valence-corrected chi connectivity index (χ4v) is 1.16. The first-order valence-electron chi connectivity index (χ1n) is 4.73. The molecule has 1 aromatic heterocycles. The number of aromatic nitrogens is 3. The molecule has 1 aromatic rings. The first-order valence-corrected chi connectivity index (χ1v) is 4.73. The average Bonchev–Trinajstić information content (AvgIpc) is 2.20. The zero-order chi connectivity index (χ0) is 12.1. The number of aliphatic carboxylic acids is 1. The number of H-pyrrole nitrogens is 2. The zero-order valence-corrected chi connectivity index (χ0v) is 8.61. The summed E-state index contributed by atoms with van der Waals surface area (Å²) in [5.41, 5.74) is -1.48. The van der Waals surface area contributed by atoms with E-state index in [4.69, 9.17) is 5.11 Å². The van der Waals surface area contributed by atoms with Crippen molar-refractivity contribution in [2.75, 3.05) is 5.32 Å². The van der Waals surface area contributed by atoms with E-state index in [1.807, 2.05) is 17.0 Å². The normalized spacial score (nSPS) is 12.1. The van der Waals surface area contributed by atoms with Gasteiger partial charge in [-0.3, -0.25) is 9.78 Å². The van der Waals surface area contributed by atoms with E-state index < -0.39 is 23.3 Å². The third-order valence-corrected chi connectivity index (χ3v) is 1.90. The first kappa shape index (κ1) is 12.0. The quantitative estimate of drug-likeness (QED) is 0.518. The number of rotatable bonds is 5. The van der Waals surface area contributed by atoms with Crippen LogP contribution < -0.4 is 16.6 Å². The number of carboxylic acid groups (broad SMARTS) is 1. The van der Waals surface area contributed by atoms with E-state index in [1.54, 1.807) is 0 Å². The SMILES string of the molecule is CCCC(Nc1n[nH]c(=O)[nH]c1=O)C(=O)O. The van der Waals surface area contributed by atoms with Gasteiger partial charge in [0, 0.05) is 0 Å². The second-order valence-corrected chi connectivity index (χ2v) is 3.18. The predicted octanol–water partition coefficient (Wildman–Crippen LogP) is -0.877. The van der Waals surface area contributed by atoms with Gasteiger partial charge in [0.25, 0.3) is 5.56 Å². The molecule has 0 bridgehead atoms. The second kappa shape index (κ2) is 5.10. The molecule has 0 aliphatic rings. The van der Waals surface area contributed by atoms with Crippen LogP contribution in [0, 0.1) is 0 Å². The average molecular weight is 228 g/mol. The van der Waals surface area contributed by atoms with Crippen LogP contribution in [0.1, 0.15) is 19.8 Å². The standard InChI is InChI=1S/C8H12N4O4/c1-2-3-4(7(14)15)9-5-6(13)10-8(16)12-11-5/h4H,2-3H2,1H3,(H,9,11)(H,14,15)(H2,10,12,13,16). The van der Waals surface area contributed by atoms with Gasteiger partial charge in [0.05, 0.1) is 0 Å². The summed E-state index contributed by atoms with van der Waals surface area (Å²) in [5, 5.41) is 16.7. The van der Waals surface area contributed by atoms with Crippen LogP contribution in [0.3, 0.4) is 0 Å². The molecule has 1 unspecified atom stereocenters. The Balaban J connectivity index is 2.89. The Morgan fingerprint density at radius 3 is 2.75 bits per heavy atom. The van der Waals surface area contributed by atoms with Crippen LogP contribution in [0.2, 0.25) is 0 Å². The van der Waals surface area contributed by atoms with E-state index in [0.29, 0.717) is 12.8 Å². The van der Waals surface area contributed by atoms with E-state index in [-0.39, 0.29) is 5.82 Å². The van der Waals surface area contributed by atoms with Gasteiger partial charge >= 0.3 is 11.7 Å². The largest absolute Gasteiger partial charge is 0.480 e. The topological polar surface area (TPSA) is 128 Å². The molecule has 1 rings (SSSR count). The summed E-state index contributed by atoms with van der Waals surface area (Å²) in [6.07, 6.45) is 1.00. The minimum atomic E-state index is -1.07. The van der Waals surface area contributed by atoms with Gasteiger partial charge in [0.15, 0.2) is 0 Å². The van der Waals surface area contributed by atoms with Crippen molar-refractivity contribution < 1.29 is 9.90 Å². The summed E-state index contributed by atoms with van der Waals surface area (Å²) < 4.78 is 0. The van der Waals surface area contributed by atoms with Gasteiger partial charge in [-0.25, -0.2) is 14.7 Å². The molecule has 0 saturated heterocycles. The molecular weight excluding hydrogens is 216 g/mol. The lowest BCUT2D eigenvalue weighted by atomic mass is 10.2. The summed E-state index contributed by atoms with van der Waals surface area (Å²) >= 11 is 0. The molecule has 0 aromatic carbocycles. The lowest BCUT2D eigenvalue weighted by Crippen LogP contribution is -2.35. The molecule has 1 heterocycles. The third-order valence-electron chi connectivity index (χ3n) is 1.90. The zero-order valence-electron chi connectivity index (χ0n) is 8.61. The summed E-state index contributed by atoms with van der Waals surface area (Å²) in [6.45, 7) is 1.82. The highest BCUT2D eigenvalue weighted by atomic mass is 16.4. The van der Waals surface area contributed by atoms with Crippen molar-refractivity contribution in [2.24, 2.45) is 0 Å². The van der Waals surface area contributed by atoms with Crippen molar-refractivity contribution in [1.29, 1.82) is 0 Å². The molecule has 0 amide bonds. The number of carboxylic acids is 1. The molecule has 0 aliphatic carbocycles. The van der Waals surface area contributed by atoms with E-state index in [1.165, 1.54) is 0 Å². The highest BCUT2D eigenvalue weighted by Crippen LogP contribution is 2.02. The molecule has 0 aliphatic heterocycles. The molecule has 1 atom stereocenters. The lowest BCUT2D eigenvalue weighted by molar-refractivity contribution is -0.138. The van der Waals surface area contributed by atoms with Gasteiger partial charge in [-0.1, -0.05) is 13.3 Å². The van der Waals surface area contributed by atoms with Gasteiger partial charge in [-0.15, -0.1) is 5.10 Å². The summed E-state index contributed by atoms with van der Waals surface area (Å²) in [7, 11) is 0. The Morgan fingerprint density at radius 2 is 2.25 bits per heavy atom. The van der Waals surface area contributed by atoms with Crippen LogP contribution in [0.5, 0.6) is 0 Å². The van der Waals surface area contributed by atoms with Gasteiger partial charge in [0.2, 0.25) is 5.82 Å². The summed E-state index contributed by atoms with van der Waals surface area (Å²) in [5.74, 6) is -1.28. The monoisotopic (exact) mass is 228 g/mol. The minimum Gasteiger partial charge on any atom is -0.480 e. The van der Waals surface area contributed by atoms with Crippen molar-refractivity contribution in [1.82, 2.24) is 15.2 Å². The minimum absolute atomic E-state index is 0.208. The van der Waals surface area contributed by atoms with Crippen molar-refractivity contribution >= 4 is 11.8 Å². The van der Waals surface area contributed by atoms with Crippen LogP contribution in [-0.2, 0) is 4.79 Å². The highest BCUT2D eigenvalue weighted by molar-refractivity contribution is 5.76. The number of nitrogens with zero attached hydrogens (tertiary/aromatic N) is 1. The smallest absolute Gasteiger partial charge is 0.342 e. The molecule has 0 saturated carbocycles. The number of nitrogens with one attached hydrogen (secondary N) is 3. The molecule has 4 N–H and O–H groups in total. The van der Waals surface area contributed by atoms with E-state index in [9.17, 15) is 14.4 Å². The van der Waals surface area contributed by atoms with Crippen LogP contribution in [-0.4, -0.2) is 32.3 Å². The predicted molar refractivity (Wildman–Crippen MR) is 55.4 cm³/mol. The van der Waals surface area contributed by atoms with Crippen molar-refractivity contribution in [3.8, 4) is 0 Å². The van der Waals surface area contributed by atoms with E-state index >= 15 is 0 Å². The highest BCUT2D eigenvalue weighted by Gasteiger charge is 2.17. The maximum Gasteiger partial charge on any atom is 0.342 e. The number of aromatic amines is 2. The lowest BCUT2D eigenvalue weighted by Gasteiger charge is -2.12. The third kappa shape index (κ3) is 2.94. The first-order chi connectivity index (χ1) is 7.54. The Bertz CT molecular complexity index is 477. The number of carbonyl (C=O) groups is 1. The van der Waals surface area contributed by atoms with Crippen LogP contribution >= 0.6 is 0 Å². The molecule has 8 nitrogen and oxygen atoms in total. The van der Waals surface area contributed by atoms with Gasteiger partial charge in [-0.05, 0) is 6.42 Å². The summed E-state index contributed by atoms with van der Waals surface area (Å²) in [4.78, 5) is 34.6. The van der Waals surface area contributed by atoms with Gasteiger partial charge < -0.3 is 10.4 Å². The number of anilines is 1. The Morgan fingerprint density at radius 1 is 1.56 bits per heavy atom. The summed E-state index contributed by atoms with van der Waals surface area (Å²) in [6, 6.07) is -0.899. The molecule has 0 radical (unpaired) electrons. The van der Waals surface area contributed by atoms with Gasteiger partial charge in [0.1, 0.15) is 6.04 Å². The Labute approximate surface area is 89.7 Å². The van der Waals surface area contributed by atoms with Gasteiger partial charge in [-0.2, -0.15) is 0 Å². The fraction of sp³-hybridized carbons (Fsp3) is 0.500. The number of hydrogen-bond acceptors (Lipinski definition) is 5. The maximum absolute atomic E-state index is 11.2. The van der Waals surface area contributed by atoms with Crippen molar-refractivity contribution in [2.45, 2.75) is 25.8 Å². The number of hydrogen-bond donors (Lipinski definition) is 4. The Hall–Kier alpha value is -2.12. The van der Waals surface area contributed by atoms with Crippen molar-refractivity contribution in [3.63, 3.8) is 0 Å². The molecular formula is C8H12N4O4. The van der Waals surface area contributed by atoms with Crippen molar-refractivity contribution in [3.05, 3.63) is 20.8 Å². The van der Waals surface area contributed by atoms with Crippen LogP contribution in [0.25, 0.3) is 0 Å². The maximum atomic E-state index is 11.2. The van der Waals surface area contributed by atoms with E-state index in [0.717, 1.165) is 0 Å². The molecule has 88 valence electrons.